The highest BCUT2D eigenvalue weighted by molar-refractivity contribution is 7.15. The molecule has 0 bridgehead atoms. The van der Waals surface area contributed by atoms with Crippen LogP contribution < -0.4 is 0 Å². The zero-order chi connectivity index (χ0) is 14.2. The second-order valence-electron chi connectivity index (χ2n) is 4.57. The Morgan fingerprint density at radius 3 is 2.90 bits per heavy atom. The first-order chi connectivity index (χ1) is 9.57. The maximum atomic E-state index is 10.8. The van der Waals surface area contributed by atoms with E-state index in [4.69, 9.17) is 11.6 Å². The van der Waals surface area contributed by atoms with E-state index >= 15 is 0 Å². The second-order valence-corrected chi connectivity index (χ2v) is 6.18. The van der Waals surface area contributed by atoms with Crippen molar-refractivity contribution < 1.29 is 5.11 Å². The third kappa shape index (κ3) is 2.35. The summed E-state index contributed by atoms with van der Waals surface area (Å²) in [6.45, 7) is 1.74. The van der Waals surface area contributed by atoms with Crippen molar-refractivity contribution in [2.75, 3.05) is 0 Å². The molecule has 0 aliphatic heterocycles. The summed E-state index contributed by atoms with van der Waals surface area (Å²) in [5, 5.41) is 10.8. The third-order valence-corrected chi connectivity index (χ3v) is 4.49. The first kappa shape index (κ1) is 13.3. The van der Waals surface area contributed by atoms with Crippen LogP contribution in [0.15, 0.2) is 49.2 Å². The molecular weight excluding hydrogens is 294 g/mol. The van der Waals surface area contributed by atoms with Crippen molar-refractivity contribution in [1.29, 1.82) is 0 Å². The predicted octanol–water partition coefficient (Wildman–Crippen LogP) is 3.24. The summed E-state index contributed by atoms with van der Waals surface area (Å²) in [5.74, 6) is 0. The lowest BCUT2D eigenvalue weighted by atomic mass is 9.94. The molecule has 0 aliphatic carbocycles. The standard InChI is InChI=1S/C14H12ClN3OS/c1-14(19,12-8-17-13(15)20-12)10-3-2-4-11(7-10)18-6-5-16-9-18/h2-9,19H,1H3. The summed E-state index contributed by atoms with van der Waals surface area (Å²) in [5.41, 5.74) is 0.599. The van der Waals surface area contributed by atoms with E-state index in [-0.39, 0.29) is 0 Å². The van der Waals surface area contributed by atoms with Crippen LogP contribution in [0.25, 0.3) is 5.69 Å². The summed E-state index contributed by atoms with van der Waals surface area (Å²) in [6.07, 6.45) is 6.90. The summed E-state index contributed by atoms with van der Waals surface area (Å²) in [4.78, 5) is 8.73. The average molecular weight is 306 g/mol. The number of imidazole rings is 1. The Morgan fingerprint density at radius 1 is 1.40 bits per heavy atom. The Balaban J connectivity index is 2.04. The van der Waals surface area contributed by atoms with Gasteiger partial charge in [0.05, 0.1) is 11.2 Å². The van der Waals surface area contributed by atoms with E-state index < -0.39 is 5.60 Å². The Kier molecular flexibility index (Phi) is 3.33. The van der Waals surface area contributed by atoms with Crippen LogP contribution in [-0.2, 0) is 5.60 Å². The smallest absolute Gasteiger partial charge is 0.183 e. The Bertz CT molecular complexity index is 722. The largest absolute Gasteiger partial charge is 0.380 e. The fraction of sp³-hybridized carbons (Fsp3) is 0.143. The molecule has 20 heavy (non-hydrogen) atoms. The lowest BCUT2D eigenvalue weighted by Gasteiger charge is -2.22. The first-order valence-electron chi connectivity index (χ1n) is 6.00. The quantitative estimate of drug-likeness (QED) is 0.808. The molecule has 0 amide bonds. The molecule has 3 rings (SSSR count). The molecule has 1 atom stereocenters. The molecule has 4 nitrogen and oxygen atoms in total. The molecule has 0 fully saturated rings. The average Bonchev–Trinajstić information content (AvgIpc) is 3.10. The number of hydrogen-bond acceptors (Lipinski definition) is 4. The molecule has 1 N–H and O–H groups in total. The second kappa shape index (κ2) is 5.01. The highest BCUT2D eigenvalue weighted by Crippen LogP contribution is 2.34. The highest BCUT2D eigenvalue weighted by atomic mass is 35.5. The third-order valence-electron chi connectivity index (χ3n) is 3.17. The Morgan fingerprint density at radius 2 is 2.25 bits per heavy atom. The van der Waals surface area contributed by atoms with Gasteiger partial charge in [-0.1, -0.05) is 23.7 Å². The van der Waals surface area contributed by atoms with Gasteiger partial charge in [-0.25, -0.2) is 9.97 Å². The van der Waals surface area contributed by atoms with Crippen molar-refractivity contribution in [1.82, 2.24) is 14.5 Å². The van der Waals surface area contributed by atoms with Gasteiger partial charge in [0, 0.05) is 24.3 Å². The minimum atomic E-state index is -1.12. The van der Waals surface area contributed by atoms with E-state index in [0.29, 0.717) is 9.34 Å². The molecule has 0 saturated carbocycles. The first-order valence-corrected chi connectivity index (χ1v) is 7.20. The zero-order valence-corrected chi connectivity index (χ0v) is 12.3. The maximum Gasteiger partial charge on any atom is 0.183 e. The van der Waals surface area contributed by atoms with Crippen LogP contribution >= 0.6 is 22.9 Å². The number of benzene rings is 1. The Hall–Kier alpha value is -1.69. The number of nitrogens with zero attached hydrogens (tertiary/aromatic N) is 3. The number of halogens is 1. The van der Waals surface area contributed by atoms with Crippen LogP contribution in [0, 0.1) is 0 Å². The van der Waals surface area contributed by atoms with Crippen molar-refractivity contribution >= 4 is 22.9 Å². The summed E-state index contributed by atoms with van der Waals surface area (Å²) in [6, 6.07) is 7.67. The monoisotopic (exact) mass is 305 g/mol. The van der Waals surface area contributed by atoms with Crippen molar-refractivity contribution in [2.24, 2.45) is 0 Å². The van der Waals surface area contributed by atoms with E-state index in [2.05, 4.69) is 9.97 Å². The molecule has 0 saturated heterocycles. The number of hydrogen-bond donors (Lipinski definition) is 1. The van der Waals surface area contributed by atoms with Crippen molar-refractivity contribution in [2.45, 2.75) is 12.5 Å². The molecule has 0 spiro atoms. The number of aromatic nitrogens is 3. The number of rotatable bonds is 3. The lowest BCUT2D eigenvalue weighted by Crippen LogP contribution is -2.21. The van der Waals surface area contributed by atoms with Gasteiger partial charge in [0.2, 0.25) is 0 Å². The van der Waals surface area contributed by atoms with Gasteiger partial charge in [0.1, 0.15) is 5.60 Å². The summed E-state index contributed by atoms with van der Waals surface area (Å²) in [7, 11) is 0. The van der Waals surface area contributed by atoms with Gasteiger partial charge in [0.25, 0.3) is 0 Å². The molecule has 0 radical (unpaired) electrons. The fourth-order valence-corrected chi connectivity index (χ4v) is 3.01. The van der Waals surface area contributed by atoms with Crippen molar-refractivity contribution in [3.8, 4) is 5.69 Å². The van der Waals surface area contributed by atoms with E-state index in [1.54, 1.807) is 25.6 Å². The van der Waals surface area contributed by atoms with Crippen molar-refractivity contribution in [3.05, 3.63) is 64.1 Å². The summed E-state index contributed by atoms with van der Waals surface area (Å²) < 4.78 is 2.31. The van der Waals surface area contributed by atoms with Crippen LogP contribution in [0.4, 0.5) is 0 Å². The van der Waals surface area contributed by atoms with Crippen LogP contribution in [0.1, 0.15) is 17.4 Å². The molecule has 102 valence electrons. The number of aliphatic hydroxyl groups is 1. The van der Waals surface area contributed by atoms with Gasteiger partial charge in [-0.15, -0.1) is 11.3 Å². The maximum absolute atomic E-state index is 10.8. The highest BCUT2D eigenvalue weighted by Gasteiger charge is 2.28. The molecule has 0 aliphatic rings. The van der Waals surface area contributed by atoms with E-state index in [9.17, 15) is 5.11 Å². The van der Waals surface area contributed by atoms with Crippen LogP contribution in [0.3, 0.4) is 0 Å². The number of thiazole rings is 1. The van der Waals surface area contributed by atoms with Gasteiger partial charge >= 0.3 is 0 Å². The fourth-order valence-electron chi connectivity index (χ4n) is 2.00. The minimum Gasteiger partial charge on any atom is -0.380 e. The van der Waals surface area contributed by atoms with Gasteiger partial charge < -0.3 is 9.67 Å². The van der Waals surface area contributed by atoms with Gasteiger partial charge in [-0.05, 0) is 24.6 Å². The zero-order valence-electron chi connectivity index (χ0n) is 10.7. The minimum absolute atomic E-state index is 0.422. The molecule has 3 aromatic rings. The van der Waals surface area contributed by atoms with Gasteiger partial charge in [-0.2, -0.15) is 0 Å². The van der Waals surface area contributed by atoms with E-state index in [1.807, 2.05) is 35.0 Å². The van der Waals surface area contributed by atoms with Crippen LogP contribution in [0.5, 0.6) is 0 Å². The van der Waals surface area contributed by atoms with Gasteiger partial charge in [0.15, 0.2) is 4.47 Å². The van der Waals surface area contributed by atoms with E-state index in [1.165, 1.54) is 11.3 Å². The molecule has 2 heterocycles. The molecular formula is C14H12ClN3OS. The van der Waals surface area contributed by atoms with Crippen LogP contribution in [0.2, 0.25) is 4.47 Å². The van der Waals surface area contributed by atoms with Crippen LogP contribution in [-0.4, -0.2) is 19.6 Å². The molecule has 1 unspecified atom stereocenters. The lowest BCUT2D eigenvalue weighted by molar-refractivity contribution is 0.106. The van der Waals surface area contributed by atoms with Crippen molar-refractivity contribution in [3.63, 3.8) is 0 Å². The van der Waals surface area contributed by atoms with E-state index in [0.717, 1.165) is 11.3 Å². The topological polar surface area (TPSA) is 50.9 Å². The SMILES string of the molecule is CC(O)(c1cccc(-n2ccnc2)c1)c1cnc(Cl)s1. The molecule has 2 aromatic heterocycles. The van der Waals surface area contributed by atoms with Gasteiger partial charge in [-0.3, -0.25) is 0 Å². The molecule has 6 heteroatoms. The Labute approximate surface area is 125 Å². The predicted molar refractivity (Wildman–Crippen MR) is 79.4 cm³/mol. The molecule has 1 aromatic carbocycles. The normalized spacial score (nSPS) is 14.2. The summed E-state index contributed by atoms with van der Waals surface area (Å²) >= 11 is 7.13.